The van der Waals surface area contributed by atoms with Gasteiger partial charge < -0.3 is 14.8 Å². The summed E-state index contributed by atoms with van der Waals surface area (Å²) in [6, 6.07) is 16.3. The Balaban J connectivity index is 1.41. The van der Waals surface area contributed by atoms with Gasteiger partial charge in [0.2, 0.25) is 5.91 Å². The number of amides is 1. The maximum absolute atomic E-state index is 12.1. The molecule has 0 fully saturated rings. The fourth-order valence-corrected chi connectivity index (χ4v) is 3.41. The molecule has 1 aliphatic heterocycles. The quantitative estimate of drug-likeness (QED) is 0.768. The number of hydrogen-bond donors (Lipinski definition) is 1. The van der Waals surface area contributed by atoms with Gasteiger partial charge in [-0.3, -0.25) is 4.79 Å². The largest absolute Gasteiger partial charge is 0.486 e. The molecule has 25 heavy (non-hydrogen) atoms. The van der Waals surface area contributed by atoms with Gasteiger partial charge in [0, 0.05) is 10.9 Å². The lowest BCUT2D eigenvalue weighted by Gasteiger charge is -2.18. The molecule has 1 N–H and O–H groups in total. The van der Waals surface area contributed by atoms with E-state index in [4.69, 9.17) is 9.47 Å². The second kappa shape index (κ2) is 8.81. The second-order valence-corrected chi connectivity index (χ2v) is 7.14. The SMILES string of the molecule is CC(CCc1ccccc1)NC(=O)CSc1ccc2c(c1)OCCO2. The van der Waals surface area contributed by atoms with Gasteiger partial charge in [0.05, 0.1) is 5.75 Å². The maximum atomic E-state index is 12.1. The average Bonchev–Trinajstić information content (AvgIpc) is 2.65. The highest BCUT2D eigenvalue weighted by molar-refractivity contribution is 8.00. The normalized spacial score (nSPS) is 14.0. The molecule has 0 aromatic heterocycles. The van der Waals surface area contributed by atoms with Crippen LogP contribution in [0.25, 0.3) is 0 Å². The first-order valence-electron chi connectivity index (χ1n) is 8.56. The fourth-order valence-electron chi connectivity index (χ4n) is 2.68. The van der Waals surface area contributed by atoms with Crippen LogP contribution in [0.2, 0.25) is 0 Å². The fraction of sp³-hybridized carbons (Fsp3) is 0.350. The Bertz CT molecular complexity index is 705. The van der Waals surface area contributed by atoms with Gasteiger partial charge in [-0.05, 0) is 43.5 Å². The summed E-state index contributed by atoms with van der Waals surface area (Å²) in [6.07, 6.45) is 1.90. The van der Waals surface area contributed by atoms with Crippen molar-refractivity contribution in [3.05, 3.63) is 54.1 Å². The molecule has 2 aromatic rings. The minimum atomic E-state index is 0.0560. The molecule has 132 valence electrons. The summed E-state index contributed by atoms with van der Waals surface area (Å²) in [6.45, 7) is 3.21. The van der Waals surface area contributed by atoms with Crippen LogP contribution in [-0.4, -0.2) is 30.9 Å². The zero-order valence-corrected chi connectivity index (χ0v) is 15.2. The smallest absolute Gasteiger partial charge is 0.230 e. The Morgan fingerprint density at radius 2 is 1.88 bits per heavy atom. The molecule has 1 atom stereocenters. The van der Waals surface area contributed by atoms with Crippen LogP contribution in [0.5, 0.6) is 11.5 Å². The van der Waals surface area contributed by atoms with Crippen molar-refractivity contribution in [1.29, 1.82) is 0 Å². The highest BCUT2D eigenvalue weighted by atomic mass is 32.2. The zero-order chi connectivity index (χ0) is 17.5. The predicted octanol–water partition coefficient (Wildman–Crippen LogP) is 3.69. The summed E-state index contributed by atoms with van der Waals surface area (Å²) in [5, 5.41) is 3.07. The lowest BCUT2D eigenvalue weighted by Crippen LogP contribution is -2.34. The number of aryl methyl sites for hydroxylation is 1. The van der Waals surface area contributed by atoms with Crippen molar-refractivity contribution in [3.63, 3.8) is 0 Å². The highest BCUT2D eigenvalue weighted by Crippen LogP contribution is 2.34. The van der Waals surface area contributed by atoms with Crippen LogP contribution in [-0.2, 0) is 11.2 Å². The van der Waals surface area contributed by atoms with E-state index in [2.05, 4.69) is 24.4 Å². The van der Waals surface area contributed by atoms with Crippen molar-refractivity contribution in [2.45, 2.75) is 30.7 Å². The number of fused-ring (bicyclic) bond motifs is 1. The summed E-state index contributed by atoms with van der Waals surface area (Å²) < 4.78 is 11.1. The minimum Gasteiger partial charge on any atom is -0.486 e. The third-order valence-electron chi connectivity index (χ3n) is 4.00. The average molecular weight is 357 g/mol. The number of carbonyl (C=O) groups is 1. The first kappa shape index (κ1) is 17.7. The van der Waals surface area contributed by atoms with Crippen LogP contribution >= 0.6 is 11.8 Å². The lowest BCUT2D eigenvalue weighted by atomic mass is 10.1. The monoisotopic (exact) mass is 357 g/mol. The Kier molecular flexibility index (Phi) is 6.23. The van der Waals surface area contributed by atoms with Crippen molar-refractivity contribution in [2.75, 3.05) is 19.0 Å². The van der Waals surface area contributed by atoms with Crippen LogP contribution in [0.3, 0.4) is 0 Å². The van der Waals surface area contributed by atoms with Crippen molar-refractivity contribution in [1.82, 2.24) is 5.32 Å². The molecule has 0 aliphatic carbocycles. The molecule has 0 radical (unpaired) electrons. The molecule has 1 aliphatic rings. The number of carbonyl (C=O) groups excluding carboxylic acids is 1. The van der Waals surface area contributed by atoms with Gasteiger partial charge in [0.15, 0.2) is 11.5 Å². The van der Waals surface area contributed by atoms with Gasteiger partial charge in [-0.25, -0.2) is 0 Å². The first-order chi connectivity index (χ1) is 12.2. The summed E-state index contributed by atoms with van der Waals surface area (Å²) in [4.78, 5) is 13.1. The number of benzene rings is 2. The number of rotatable bonds is 7. The maximum Gasteiger partial charge on any atom is 0.230 e. The Labute approximate surface area is 152 Å². The molecule has 5 heteroatoms. The molecular formula is C20H23NO3S. The Morgan fingerprint density at radius 1 is 1.12 bits per heavy atom. The van der Waals surface area contributed by atoms with Crippen LogP contribution in [0.4, 0.5) is 0 Å². The van der Waals surface area contributed by atoms with Gasteiger partial charge in [-0.2, -0.15) is 0 Å². The number of hydrogen-bond acceptors (Lipinski definition) is 4. The minimum absolute atomic E-state index is 0.0560. The molecule has 4 nitrogen and oxygen atoms in total. The van der Waals surface area contributed by atoms with Gasteiger partial charge in [-0.1, -0.05) is 30.3 Å². The van der Waals surface area contributed by atoms with Gasteiger partial charge in [-0.15, -0.1) is 11.8 Å². The summed E-state index contributed by atoms with van der Waals surface area (Å²) in [5.41, 5.74) is 1.30. The van der Waals surface area contributed by atoms with E-state index >= 15 is 0 Å². The van der Waals surface area contributed by atoms with Gasteiger partial charge >= 0.3 is 0 Å². The van der Waals surface area contributed by atoms with Gasteiger partial charge in [0.1, 0.15) is 13.2 Å². The van der Waals surface area contributed by atoms with E-state index in [9.17, 15) is 4.79 Å². The topological polar surface area (TPSA) is 47.6 Å². The molecule has 2 aromatic carbocycles. The standard InChI is InChI=1S/C20H23NO3S/c1-15(7-8-16-5-3-2-4-6-16)21-20(22)14-25-17-9-10-18-19(13-17)24-12-11-23-18/h2-6,9-10,13,15H,7-8,11-12,14H2,1H3,(H,21,22). The first-order valence-corrected chi connectivity index (χ1v) is 9.55. The molecule has 1 unspecified atom stereocenters. The number of ether oxygens (including phenoxy) is 2. The van der Waals surface area contributed by atoms with Crippen molar-refractivity contribution in [3.8, 4) is 11.5 Å². The van der Waals surface area contributed by atoms with Crippen LogP contribution < -0.4 is 14.8 Å². The summed E-state index contributed by atoms with van der Waals surface area (Å²) in [5.74, 6) is 1.98. The Hall–Kier alpha value is -2.14. The molecular weight excluding hydrogens is 334 g/mol. The van der Waals surface area contributed by atoms with E-state index in [1.54, 1.807) is 0 Å². The van der Waals surface area contributed by atoms with Crippen LogP contribution in [0.1, 0.15) is 18.9 Å². The number of thioether (sulfide) groups is 1. The van der Waals surface area contributed by atoms with Crippen LogP contribution in [0, 0.1) is 0 Å². The zero-order valence-electron chi connectivity index (χ0n) is 14.4. The van der Waals surface area contributed by atoms with Crippen LogP contribution in [0.15, 0.2) is 53.4 Å². The van der Waals surface area contributed by atoms with E-state index in [-0.39, 0.29) is 11.9 Å². The third-order valence-corrected chi connectivity index (χ3v) is 4.99. The van der Waals surface area contributed by atoms with Crippen molar-refractivity contribution in [2.24, 2.45) is 0 Å². The molecule has 1 heterocycles. The molecule has 0 spiro atoms. The summed E-state index contributed by atoms with van der Waals surface area (Å²) >= 11 is 1.51. The van der Waals surface area contributed by atoms with E-state index < -0.39 is 0 Å². The van der Waals surface area contributed by atoms with Gasteiger partial charge in [0.25, 0.3) is 0 Å². The van der Waals surface area contributed by atoms with E-state index in [0.717, 1.165) is 29.2 Å². The molecule has 3 rings (SSSR count). The molecule has 0 saturated heterocycles. The summed E-state index contributed by atoms with van der Waals surface area (Å²) in [7, 11) is 0. The Morgan fingerprint density at radius 3 is 2.68 bits per heavy atom. The highest BCUT2D eigenvalue weighted by Gasteiger charge is 2.13. The van der Waals surface area contributed by atoms with E-state index in [0.29, 0.717) is 19.0 Å². The van der Waals surface area contributed by atoms with Crippen molar-refractivity contribution >= 4 is 17.7 Å². The predicted molar refractivity (Wildman–Crippen MR) is 101 cm³/mol. The molecule has 0 saturated carbocycles. The third kappa shape index (κ3) is 5.43. The van der Waals surface area contributed by atoms with E-state index in [1.165, 1.54) is 17.3 Å². The van der Waals surface area contributed by atoms with E-state index in [1.807, 2.05) is 36.4 Å². The lowest BCUT2D eigenvalue weighted by molar-refractivity contribution is -0.119. The number of nitrogens with one attached hydrogen (secondary N) is 1. The molecule has 1 amide bonds. The molecule has 0 bridgehead atoms. The second-order valence-electron chi connectivity index (χ2n) is 6.09. The van der Waals surface area contributed by atoms with Crippen molar-refractivity contribution < 1.29 is 14.3 Å².